The number of nitrogens with one attached hydrogen (secondary N) is 1. The Bertz CT molecular complexity index is 1090. The number of amides is 3. The maximum absolute atomic E-state index is 13.6. The van der Waals surface area contributed by atoms with Crippen LogP contribution >= 0.6 is 0 Å². The second-order valence-corrected chi connectivity index (χ2v) is 9.70. The van der Waals surface area contributed by atoms with Crippen LogP contribution in [0.25, 0.3) is 0 Å². The maximum atomic E-state index is 13.6. The summed E-state index contributed by atoms with van der Waals surface area (Å²) in [6.07, 6.45) is 4.12. The summed E-state index contributed by atoms with van der Waals surface area (Å²) in [5.74, 6) is 1.66. The van der Waals surface area contributed by atoms with Crippen molar-refractivity contribution in [1.82, 2.24) is 15.1 Å². The summed E-state index contributed by atoms with van der Waals surface area (Å²) >= 11 is 0. The molecule has 0 saturated carbocycles. The van der Waals surface area contributed by atoms with Crippen molar-refractivity contribution in [3.8, 4) is 11.5 Å². The molecule has 0 bridgehead atoms. The fourth-order valence-electron chi connectivity index (χ4n) is 6.15. The molecule has 0 aromatic heterocycles. The number of hydrogen-bond donors (Lipinski definition) is 1. The third kappa shape index (κ3) is 3.77. The molecule has 4 aliphatic heterocycles. The number of carbonyl (C=O) groups is 2. The molecule has 0 aliphatic carbocycles. The van der Waals surface area contributed by atoms with Gasteiger partial charge in [-0.05, 0) is 60.9 Å². The molecular weight excluding hydrogens is 430 g/mol. The van der Waals surface area contributed by atoms with Gasteiger partial charge in [0.1, 0.15) is 13.2 Å². The van der Waals surface area contributed by atoms with Crippen molar-refractivity contribution in [2.75, 3.05) is 32.8 Å². The highest BCUT2D eigenvalue weighted by Gasteiger charge is 2.48. The fourth-order valence-corrected chi connectivity index (χ4v) is 6.15. The zero-order chi connectivity index (χ0) is 23.1. The number of nitrogens with zero attached hydrogens (tertiary/aromatic N) is 2. The number of ether oxygens (including phenoxy) is 2. The zero-order valence-electron chi connectivity index (χ0n) is 19.4. The van der Waals surface area contributed by atoms with E-state index < -0.39 is 0 Å². The fraction of sp³-hybridized carbons (Fsp3) is 0.481. The van der Waals surface area contributed by atoms with Crippen LogP contribution in [0, 0.1) is 5.92 Å². The molecule has 1 N–H and O–H groups in total. The van der Waals surface area contributed by atoms with Crippen molar-refractivity contribution in [3.05, 3.63) is 59.2 Å². The first-order valence-corrected chi connectivity index (χ1v) is 12.5. The van der Waals surface area contributed by atoms with E-state index in [1.54, 1.807) is 0 Å². The van der Waals surface area contributed by atoms with Gasteiger partial charge in [-0.15, -0.1) is 0 Å². The van der Waals surface area contributed by atoms with Crippen LogP contribution in [0.1, 0.15) is 42.0 Å². The molecular formula is C27H31N3O4. The van der Waals surface area contributed by atoms with Gasteiger partial charge >= 0.3 is 6.03 Å². The average molecular weight is 462 g/mol. The largest absolute Gasteiger partial charge is 0.486 e. The number of fused-ring (bicyclic) bond motifs is 5. The van der Waals surface area contributed by atoms with Crippen LogP contribution in [0.5, 0.6) is 11.5 Å². The van der Waals surface area contributed by atoms with Crippen LogP contribution in [0.3, 0.4) is 0 Å². The lowest BCUT2D eigenvalue weighted by molar-refractivity contribution is -0.148. The van der Waals surface area contributed by atoms with Gasteiger partial charge in [0.05, 0.1) is 12.0 Å². The highest BCUT2D eigenvalue weighted by Crippen LogP contribution is 2.46. The van der Waals surface area contributed by atoms with E-state index in [1.165, 1.54) is 11.1 Å². The molecule has 0 spiro atoms. The Kier molecular flexibility index (Phi) is 5.55. The number of piperidine rings is 2. The molecule has 2 fully saturated rings. The number of carbonyl (C=O) groups excluding carboxylic acids is 2. The molecule has 2 saturated heterocycles. The highest BCUT2D eigenvalue weighted by atomic mass is 16.6. The summed E-state index contributed by atoms with van der Waals surface area (Å²) in [6.45, 7) is 3.13. The number of rotatable bonds is 3. The number of urea groups is 1. The van der Waals surface area contributed by atoms with Crippen molar-refractivity contribution in [3.63, 3.8) is 0 Å². The molecule has 7 heteroatoms. The lowest BCUT2D eigenvalue weighted by atomic mass is 9.76. The third-order valence-corrected chi connectivity index (χ3v) is 7.80. The van der Waals surface area contributed by atoms with Gasteiger partial charge in [0, 0.05) is 25.7 Å². The predicted molar refractivity (Wildman–Crippen MR) is 127 cm³/mol. The quantitative estimate of drug-likeness (QED) is 0.761. The molecule has 178 valence electrons. The van der Waals surface area contributed by atoms with Crippen LogP contribution in [0.15, 0.2) is 42.5 Å². The molecule has 7 nitrogen and oxygen atoms in total. The average Bonchev–Trinajstić information content (AvgIpc) is 2.88. The number of hydrogen-bond acceptors (Lipinski definition) is 4. The second-order valence-electron chi connectivity index (χ2n) is 9.70. The van der Waals surface area contributed by atoms with Crippen LogP contribution < -0.4 is 14.8 Å². The highest BCUT2D eigenvalue weighted by molar-refractivity contribution is 5.83. The third-order valence-electron chi connectivity index (χ3n) is 7.80. The van der Waals surface area contributed by atoms with E-state index in [1.807, 2.05) is 23.1 Å². The Hall–Kier alpha value is -3.22. The Morgan fingerprint density at radius 1 is 1.06 bits per heavy atom. The van der Waals surface area contributed by atoms with E-state index in [2.05, 4.69) is 34.5 Å². The maximum Gasteiger partial charge on any atom is 0.317 e. The van der Waals surface area contributed by atoms with Gasteiger partial charge in [-0.2, -0.15) is 0 Å². The van der Waals surface area contributed by atoms with Gasteiger partial charge in [0.15, 0.2) is 11.5 Å². The summed E-state index contributed by atoms with van der Waals surface area (Å²) in [5, 5.41) is 3.11. The molecule has 0 radical (unpaired) electrons. The van der Waals surface area contributed by atoms with Gasteiger partial charge in [-0.1, -0.05) is 30.3 Å². The monoisotopic (exact) mass is 461 g/mol. The van der Waals surface area contributed by atoms with E-state index >= 15 is 0 Å². The zero-order valence-corrected chi connectivity index (χ0v) is 19.4. The van der Waals surface area contributed by atoms with Gasteiger partial charge in [0.2, 0.25) is 5.91 Å². The molecule has 3 atom stereocenters. The van der Waals surface area contributed by atoms with E-state index in [4.69, 9.17) is 9.47 Å². The van der Waals surface area contributed by atoms with Crippen LogP contribution in [0.4, 0.5) is 4.79 Å². The van der Waals surface area contributed by atoms with E-state index in [0.717, 1.165) is 55.7 Å². The Labute approximate surface area is 200 Å². The smallest absolute Gasteiger partial charge is 0.317 e. The minimum Gasteiger partial charge on any atom is -0.486 e. The van der Waals surface area contributed by atoms with Crippen LogP contribution in [-0.4, -0.2) is 60.6 Å². The van der Waals surface area contributed by atoms with Gasteiger partial charge < -0.3 is 24.6 Å². The standard InChI is InChI=1S/C27H31N3O4/c31-26-20-7-4-11-30(27(32)28-10-8-18-5-2-1-3-6-18)22(20)17-23-21-16-25-24(33-13-14-34-25)15-19(21)9-12-29(23)26/h1-3,5-6,15-16,20,22-23H,4,7-14,17H2,(H,28,32)/t20-,22-,23+/m0/s1. The Morgan fingerprint density at radius 3 is 2.68 bits per heavy atom. The van der Waals surface area contributed by atoms with E-state index in [9.17, 15) is 9.59 Å². The van der Waals surface area contributed by atoms with Gasteiger partial charge in [-0.25, -0.2) is 4.79 Å². The lowest BCUT2D eigenvalue weighted by Gasteiger charge is -2.51. The first-order chi connectivity index (χ1) is 16.7. The first kappa shape index (κ1) is 21.3. The molecule has 34 heavy (non-hydrogen) atoms. The minimum absolute atomic E-state index is 0.0222. The second kappa shape index (κ2) is 8.85. The first-order valence-electron chi connectivity index (χ1n) is 12.5. The summed E-state index contributed by atoms with van der Waals surface area (Å²) < 4.78 is 11.6. The van der Waals surface area contributed by atoms with E-state index in [-0.39, 0.29) is 29.9 Å². The van der Waals surface area contributed by atoms with Crippen LogP contribution in [0.2, 0.25) is 0 Å². The molecule has 4 heterocycles. The van der Waals surface area contributed by atoms with E-state index in [0.29, 0.717) is 26.3 Å². The number of benzene rings is 2. The predicted octanol–water partition coefficient (Wildman–Crippen LogP) is 3.32. The SMILES string of the molecule is O=C1[C@H]2CCCN(C(=O)NCCc3ccccc3)[C@H]2C[C@@H]2c3cc4c(cc3CCN12)OCCO4. The van der Waals surface area contributed by atoms with Crippen molar-refractivity contribution in [2.24, 2.45) is 5.92 Å². The summed E-state index contributed by atoms with van der Waals surface area (Å²) in [4.78, 5) is 30.8. The summed E-state index contributed by atoms with van der Waals surface area (Å²) in [5.41, 5.74) is 3.58. The van der Waals surface area contributed by atoms with Crippen molar-refractivity contribution < 1.29 is 19.1 Å². The van der Waals surface area contributed by atoms with Gasteiger partial charge in [0.25, 0.3) is 0 Å². The molecule has 4 aliphatic rings. The van der Waals surface area contributed by atoms with Crippen molar-refractivity contribution in [2.45, 2.75) is 44.2 Å². The van der Waals surface area contributed by atoms with Crippen LogP contribution in [-0.2, 0) is 17.6 Å². The molecule has 2 aromatic carbocycles. The topological polar surface area (TPSA) is 71.1 Å². The normalized spacial score (nSPS) is 25.2. The van der Waals surface area contributed by atoms with Gasteiger partial charge in [-0.3, -0.25) is 4.79 Å². The lowest BCUT2D eigenvalue weighted by Crippen LogP contribution is -2.61. The molecule has 0 unspecified atom stereocenters. The Morgan fingerprint density at radius 2 is 1.85 bits per heavy atom. The summed E-state index contributed by atoms with van der Waals surface area (Å²) in [7, 11) is 0. The number of likely N-dealkylation sites (tertiary alicyclic amines) is 1. The minimum atomic E-state index is -0.108. The molecule has 6 rings (SSSR count). The van der Waals surface area contributed by atoms with Crippen molar-refractivity contribution >= 4 is 11.9 Å². The Balaban J connectivity index is 1.21. The summed E-state index contributed by atoms with van der Waals surface area (Å²) in [6, 6.07) is 14.2. The van der Waals surface area contributed by atoms with Crippen molar-refractivity contribution in [1.29, 1.82) is 0 Å². The molecule has 3 amide bonds. The molecule has 2 aromatic rings.